The van der Waals surface area contributed by atoms with Crippen LogP contribution in [-0.2, 0) is 0 Å². The lowest BCUT2D eigenvalue weighted by Gasteiger charge is -2.46. The van der Waals surface area contributed by atoms with Crippen molar-refractivity contribution in [3.8, 4) is 11.8 Å². The van der Waals surface area contributed by atoms with E-state index in [0.29, 0.717) is 40.7 Å². The lowest BCUT2D eigenvalue weighted by Crippen LogP contribution is -2.66. The van der Waals surface area contributed by atoms with Crippen molar-refractivity contribution in [3.63, 3.8) is 0 Å². The molecule has 1 aromatic carbocycles. The van der Waals surface area contributed by atoms with Gasteiger partial charge in [-0.25, -0.2) is 9.28 Å². The summed E-state index contributed by atoms with van der Waals surface area (Å²) in [6.07, 6.45) is 1.64. The summed E-state index contributed by atoms with van der Waals surface area (Å²) in [7, 11) is 1.97. The zero-order valence-electron chi connectivity index (χ0n) is 16.8. The fourth-order valence-electron chi connectivity index (χ4n) is 5.05. The first-order valence-corrected chi connectivity index (χ1v) is 10.1. The number of rotatable bonds is 7. The SMILES string of the molecule is CC[N+](C)(C(N)=O)C1C2CCC1CN(CC(O)COc1ccc(C#N)cc1)C2. The molecule has 1 saturated carbocycles. The summed E-state index contributed by atoms with van der Waals surface area (Å²) < 4.78 is 5.97. The van der Waals surface area contributed by atoms with E-state index in [0.717, 1.165) is 25.9 Å². The molecule has 2 amide bonds. The van der Waals surface area contributed by atoms with Gasteiger partial charge in [0.15, 0.2) is 0 Å². The van der Waals surface area contributed by atoms with Gasteiger partial charge in [0.25, 0.3) is 0 Å². The molecule has 0 aromatic heterocycles. The minimum Gasteiger partial charge on any atom is -0.491 e. The van der Waals surface area contributed by atoms with Gasteiger partial charge in [-0.3, -0.25) is 4.90 Å². The molecule has 1 heterocycles. The van der Waals surface area contributed by atoms with Crippen LogP contribution in [0, 0.1) is 23.2 Å². The molecule has 0 spiro atoms. The van der Waals surface area contributed by atoms with Crippen LogP contribution in [0.3, 0.4) is 0 Å². The highest BCUT2D eigenvalue weighted by molar-refractivity contribution is 5.64. The summed E-state index contributed by atoms with van der Waals surface area (Å²) in [5.41, 5.74) is 6.32. The van der Waals surface area contributed by atoms with E-state index < -0.39 is 6.10 Å². The summed E-state index contributed by atoms with van der Waals surface area (Å²) in [6, 6.07) is 8.99. The monoisotopic (exact) mass is 387 g/mol. The Labute approximate surface area is 166 Å². The quantitative estimate of drug-likeness (QED) is 0.692. The van der Waals surface area contributed by atoms with Crippen LogP contribution in [0.5, 0.6) is 5.75 Å². The molecule has 1 aromatic rings. The number of benzene rings is 1. The lowest BCUT2D eigenvalue weighted by atomic mass is 9.89. The summed E-state index contributed by atoms with van der Waals surface area (Å²) in [6.45, 7) is 5.29. The maximum atomic E-state index is 12.1. The van der Waals surface area contributed by atoms with Crippen LogP contribution in [0.15, 0.2) is 24.3 Å². The van der Waals surface area contributed by atoms with Gasteiger partial charge in [-0.15, -0.1) is 0 Å². The van der Waals surface area contributed by atoms with E-state index in [4.69, 9.17) is 15.7 Å². The van der Waals surface area contributed by atoms with Crippen LogP contribution in [0.2, 0.25) is 0 Å². The van der Waals surface area contributed by atoms with Gasteiger partial charge in [0, 0.05) is 31.5 Å². The molecule has 152 valence electrons. The minimum absolute atomic E-state index is 0.213. The first-order valence-electron chi connectivity index (χ1n) is 10.1. The number of carbonyl (C=O) groups excluding carboxylic acids is 1. The highest BCUT2D eigenvalue weighted by atomic mass is 16.5. The lowest BCUT2D eigenvalue weighted by molar-refractivity contribution is -0.861. The zero-order valence-corrected chi connectivity index (χ0v) is 16.8. The number of hydrogen-bond donors (Lipinski definition) is 2. The third-order valence-electron chi connectivity index (χ3n) is 6.57. The molecule has 1 aliphatic carbocycles. The second-order valence-corrected chi connectivity index (χ2v) is 8.33. The van der Waals surface area contributed by atoms with Crippen molar-refractivity contribution in [2.75, 3.05) is 39.8 Å². The third kappa shape index (κ3) is 4.14. The van der Waals surface area contributed by atoms with Crippen LogP contribution in [0.1, 0.15) is 25.3 Å². The number of hydrogen-bond acceptors (Lipinski definition) is 5. The summed E-state index contributed by atoms with van der Waals surface area (Å²) in [5, 5.41) is 19.2. The van der Waals surface area contributed by atoms with Crippen LogP contribution in [0.25, 0.3) is 0 Å². The Morgan fingerprint density at radius 2 is 1.96 bits per heavy atom. The van der Waals surface area contributed by atoms with Gasteiger partial charge in [-0.1, -0.05) is 0 Å². The third-order valence-corrected chi connectivity index (χ3v) is 6.57. The number of fused-ring (bicyclic) bond motifs is 2. The van der Waals surface area contributed by atoms with E-state index >= 15 is 0 Å². The van der Waals surface area contributed by atoms with E-state index in [9.17, 15) is 9.90 Å². The first-order chi connectivity index (χ1) is 13.4. The van der Waals surface area contributed by atoms with E-state index in [-0.39, 0.29) is 18.7 Å². The van der Waals surface area contributed by atoms with Gasteiger partial charge < -0.3 is 15.6 Å². The molecule has 2 fully saturated rings. The number of β-amino-alcohol motifs (C(OH)–C–C–N with tert-alkyl or cyclic N) is 1. The molecular weight excluding hydrogens is 356 g/mol. The number of quaternary nitrogens is 1. The Balaban J connectivity index is 1.53. The van der Waals surface area contributed by atoms with Crippen molar-refractivity contribution in [2.45, 2.75) is 31.9 Å². The molecule has 2 aliphatic rings. The number of carbonyl (C=O) groups is 1. The Morgan fingerprint density at radius 1 is 1.36 bits per heavy atom. The maximum Gasteiger partial charge on any atom is 0.414 e. The zero-order chi connectivity index (χ0) is 20.3. The molecule has 4 unspecified atom stereocenters. The number of amides is 2. The molecule has 0 radical (unpaired) electrons. The Hall–Kier alpha value is -2.14. The highest BCUT2D eigenvalue weighted by Gasteiger charge is 2.53. The fourth-order valence-corrected chi connectivity index (χ4v) is 5.05. The van der Waals surface area contributed by atoms with Crippen molar-refractivity contribution in [1.82, 2.24) is 4.90 Å². The molecule has 28 heavy (non-hydrogen) atoms. The molecule has 7 nitrogen and oxygen atoms in total. The van der Waals surface area contributed by atoms with Gasteiger partial charge in [0.1, 0.15) is 24.5 Å². The molecule has 3 rings (SSSR count). The number of primary amides is 1. The van der Waals surface area contributed by atoms with Crippen molar-refractivity contribution < 1.29 is 19.1 Å². The average molecular weight is 388 g/mol. The number of nitrogens with two attached hydrogens (primary N) is 1. The van der Waals surface area contributed by atoms with Crippen molar-refractivity contribution in [1.29, 1.82) is 5.26 Å². The smallest absolute Gasteiger partial charge is 0.414 e. The number of aliphatic hydroxyl groups is 1. The van der Waals surface area contributed by atoms with Gasteiger partial charge in [-0.2, -0.15) is 5.26 Å². The Bertz CT molecular complexity index is 718. The number of likely N-dealkylation sites (tertiary alicyclic amines) is 1. The standard InChI is InChI=1S/C21H30N4O3/c1-3-25(2,21(23)27)20-16-6-7-17(20)12-24(11-16)13-18(26)14-28-19-8-4-15(10-22)5-9-19/h4-5,8-9,16-18,20,26H,3,6-7,11-14H2,1-2H3,(H-,23,27)/p+1. The van der Waals surface area contributed by atoms with Crippen LogP contribution >= 0.6 is 0 Å². The normalized spacial score (nSPS) is 27.6. The largest absolute Gasteiger partial charge is 0.491 e. The predicted octanol–water partition coefficient (Wildman–Crippen LogP) is 1.55. The van der Waals surface area contributed by atoms with Crippen molar-refractivity contribution >= 4 is 6.03 Å². The van der Waals surface area contributed by atoms with Crippen LogP contribution in [0.4, 0.5) is 4.79 Å². The second-order valence-electron chi connectivity index (χ2n) is 8.33. The van der Waals surface area contributed by atoms with E-state index in [2.05, 4.69) is 11.0 Å². The van der Waals surface area contributed by atoms with Crippen molar-refractivity contribution in [3.05, 3.63) is 29.8 Å². The fraction of sp³-hybridized carbons (Fsp3) is 0.619. The molecule has 1 aliphatic heterocycles. The number of aliphatic hydroxyl groups excluding tert-OH is 1. The summed E-state index contributed by atoms with van der Waals surface area (Å²) >= 11 is 0. The van der Waals surface area contributed by atoms with Crippen LogP contribution < -0.4 is 10.5 Å². The van der Waals surface area contributed by atoms with Gasteiger partial charge in [0.2, 0.25) is 0 Å². The molecule has 1 saturated heterocycles. The molecule has 4 atom stereocenters. The minimum atomic E-state index is -0.588. The molecular formula is C21H31N4O3+. The van der Waals surface area contributed by atoms with E-state index in [1.807, 2.05) is 14.0 Å². The molecule has 3 N–H and O–H groups in total. The van der Waals surface area contributed by atoms with E-state index in [1.165, 1.54) is 0 Å². The van der Waals surface area contributed by atoms with Gasteiger partial charge >= 0.3 is 6.03 Å². The first kappa shape index (κ1) is 20.6. The molecule has 2 bridgehead atoms. The maximum absolute atomic E-state index is 12.1. The van der Waals surface area contributed by atoms with Crippen molar-refractivity contribution in [2.24, 2.45) is 17.6 Å². The van der Waals surface area contributed by atoms with Gasteiger partial charge in [0.05, 0.1) is 25.2 Å². The van der Waals surface area contributed by atoms with Gasteiger partial charge in [-0.05, 0) is 44.0 Å². The predicted molar refractivity (Wildman–Crippen MR) is 105 cm³/mol. The number of nitrogens with zero attached hydrogens (tertiary/aromatic N) is 3. The topological polar surface area (TPSA) is 99.6 Å². The number of ether oxygens (including phenoxy) is 1. The highest BCUT2D eigenvalue weighted by Crippen LogP contribution is 2.42. The van der Waals surface area contributed by atoms with E-state index in [1.54, 1.807) is 24.3 Å². The van der Waals surface area contributed by atoms with Crippen LogP contribution in [-0.4, -0.2) is 72.5 Å². The summed E-state index contributed by atoms with van der Waals surface area (Å²) in [5.74, 6) is 1.51. The Morgan fingerprint density at radius 3 is 2.46 bits per heavy atom. The summed E-state index contributed by atoms with van der Waals surface area (Å²) in [4.78, 5) is 14.4. The number of piperidine rings is 1. The second kappa shape index (κ2) is 8.48. The average Bonchev–Trinajstić information content (AvgIpc) is 2.97. The molecule has 7 heteroatoms. The Kier molecular flexibility index (Phi) is 6.23. The number of urea groups is 1. The number of nitriles is 1.